The monoisotopic (exact) mass is 311 g/mol. The van der Waals surface area contributed by atoms with Crippen molar-refractivity contribution in [3.63, 3.8) is 0 Å². The van der Waals surface area contributed by atoms with Gasteiger partial charge in [0.15, 0.2) is 5.69 Å². The lowest BCUT2D eigenvalue weighted by atomic mass is 10.2. The van der Waals surface area contributed by atoms with Crippen molar-refractivity contribution in [2.45, 2.75) is 13.8 Å². The average molecular weight is 311 g/mol. The fourth-order valence-electron chi connectivity index (χ4n) is 2.11. The molecule has 0 amide bonds. The van der Waals surface area contributed by atoms with Crippen molar-refractivity contribution in [1.29, 1.82) is 0 Å². The SMILES string of the molecule is Cc1ccc(OC(=O)c2nnn(-c3ccc(F)cc3)c2C)cc1. The van der Waals surface area contributed by atoms with Crippen molar-refractivity contribution >= 4 is 5.97 Å². The molecule has 0 spiro atoms. The Morgan fingerprint density at radius 2 is 1.70 bits per heavy atom. The maximum absolute atomic E-state index is 13.0. The molecule has 116 valence electrons. The summed E-state index contributed by atoms with van der Waals surface area (Å²) in [7, 11) is 0. The third kappa shape index (κ3) is 3.11. The minimum atomic E-state index is -0.584. The summed E-state index contributed by atoms with van der Waals surface area (Å²) in [6.07, 6.45) is 0. The average Bonchev–Trinajstić information content (AvgIpc) is 2.92. The van der Waals surface area contributed by atoms with Crippen LogP contribution < -0.4 is 4.74 Å². The van der Waals surface area contributed by atoms with Gasteiger partial charge in [0.05, 0.1) is 11.4 Å². The van der Waals surface area contributed by atoms with Crippen molar-refractivity contribution < 1.29 is 13.9 Å². The first-order chi connectivity index (χ1) is 11.0. The molecule has 0 saturated heterocycles. The van der Waals surface area contributed by atoms with E-state index in [1.807, 2.05) is 19.1 Å². The first-order valence-corrected chi connectivity index (χ1v) is 7.01. The molecule has 0 N–H and O–H groups in total. The highest BCUT2D eigenvalue weighted by Gasteiger charge is 2.19. The number of aryl methyl sites for hydroxylation is 1. The van der Waals surface area contributed by atoms with Gasteiger partial charge in [-0.15, -0.1) is 5.10 Å². The molecule has 0 aliphatic rings. The van der Waals surface area contributed by atoms with E-state index in [4.69, 9.17) is 4.74 Å². The molecular weight excluding hydrogens is 297 g/mol. The standard InChI is InChI=1S/C17H14FN3O2/c1-11-3-9-15(10-4-11)23-17(22)16-12(2)21(20-19-16)14-7-5-13(18)6-8-14/h3-10H,1-2H3. The molecular formula is C17H14FN3O2. The van der Waals surface area contributed by atoms with Crippen molar-refractivity contribution in [3.8, 4) is 11.4 Å². The molecule has 6 heteroatoms. The van der Waals surface area contributed by atoms with Gasteiger partial charge in [-0.2, -0.15) is 0 Å². The second-order valence-electron chi connectivity index (χ2n) is 5.11. The number of benzene rings is 2. The Bertz CT molecular complexity index is 839. The van der Waals surface area contributed by atoms with Crippen LogP contribution in [-0.4, -0.2) is 21.0 Å². The third-order valence-corrected chi connectivity index (χ3v) is 3.39. The fourth-order valence-corrected chi connectivity index (χ4v) is 2.11. The van der Waals surface area contributed by atoms with Crippen LogP contribution in [0.25, 0.3) is 5.69 Å². The molecule has 3 rings (SSSR count). The van der Waals surface area contributed by atoms with Crippen LogP contribution in [0.3, 0.4) is 0 Å². The minimum absolute atomic E-state index is 0.120. The molecule has 0 atom stereocenters. The van der Waals surface area contributed by atoms with Gasteiger partial charge in [0.1, 0.15) is 11.6 Å². The second kappa shape index (κ2) is 6.00. The summed E-state index contributed by atoms with van der Waals surface area (Å²) in [4.78, 5) is 12.2. The summed E-state index contributed by atoms with van der Waals surface area (Å²) in [6.45, 7) is 3.65. The van der Waals surface area contributed by atoms with E-state index in [1.54, 1.807) is 31.2 Å². The third-order valence-electron chi connectivity index (χ3n) is 3.39. The summed E-state index contributed by atoms with van der Waals surface area (Å²) in [5.41, 5.74) is 2.33. The van der Waals surface area contributed by atoms with Crippen LogP contribution in [0.5, 0.6) is 5.75 Å². The summed E-state index contributed by atoms with van der Waals surface area (Å²) in [6, 6.07) is 12.9. The van der Waals surface area contributed by atoms with E-state index < -0.39 is 5.97 Å². The van der Waals surface area contributed by atoms with E-state index in [2.05, 4.69) is 10.3 Å². The van der Waals surface area contributed by atoms with Gasteiger partial charge in [-0.05, 0) is 50.2 Å². The number of hydrogen-bond acceptors (Lipinski definition) is 4. The molecule has 0 bridgehead atoms. The van der Waals surface area contributed by atoms with Gasteiger partial charge >= 0.3 is 5.97 Å². The van der Waals surface area contributed by atoms with Gasteiger partial charge in [0.2, 0.25) is 0 Å². The number of nitrogens with zero attached hydrogens (tertiary/aromatic N) is 3. The molecule has 0 saturated carbocycles. The normalized spacial score (nSPS) is 10.6. The predicted molar refractivity (Wildman–Crippen MR) is 82.2 cm³/mol. The topological polar surface area (TPSA) is 57.0 Å². The Kier molecular flexibility index (Phi) is 3.89. The summed E-state index contributed by atoms with van der Waals surface area (Å²) >= 11 is 0. The molecule has 23 heavy (non-hydrogen) atoms. The van der Waals surface area contributed by atoms with Crippen molar-refractivity contribution in [2.24, 2.45) is 0 Å². The maximum Gasteiger partial charge on any atom is 0.366 e. The van der Waals surface area contributed by atoms with Crippen LogP contribution in [0, 0.1) is 19.7 Å². The highest BCUT2D eigenvalue weighted by Crippen LogP contribution is 2.16. The Morgan fingerprint density at radius 1 is 1.04 bits per heavy atom. The van der Waals surface area contributed by atoms with Gasteiger partial charge in [0.25, 0.3) is 0 Å². The lowest BCUT2D eigenvalue weighted by molar-refractivity contribution is 0.0727. The lowest BCUT2D eigenvalue weighted by Gasteiger charge is -2.04. The highest BCUT2D eigenvalue weighted by molar-refractivity contribution is 5.90. The van der Waals surface area contributed by atoms with Gasteiger partial charge in [-0.1, -0.05) is 22.9 Å². The van der Waals surface area contributed by atoms with E-state index in [-0.39, 0.29) is 11.5 Å². The molecule has 5 nitrogen and oxygen atoms in total. The van der Waals surface area contributed by atoms with Crippen LogP contribution in [-0.2, 0) is 0 Å². The van der Waals surface area contributed by atoms with Crippen LogP contribution in [0.2, 0.25) is 0 Å². The molecule has 2 aromatic carbocycles. The number of carbonyl (C=O) groups is 1. The number of ether oxygens (including phenoxy) is 1. The van der Waals surface area contributed by atoms with Crippen LogP contribution in [0.4, 0.5) is 4.39 Å². The number of rotatable bonds is 3. The summed E-state index contributed by atoms with van der Waals surface area (Å²) in [5, 5.41) is 7.81. The Morgan fingerprint density at radius 3 is 2.35 bits per heavy atom. The van der Waals surface area contributed by atoms with E-state index >= 15 is 0 Å². The fraction of sp³-hybridized carbons (Fsp3) is 0.118. The van der Waals surface area contributed by atoms with Crippen molar-refractivity contribution in [1.82, 2.24) is 15.0 Å². The number of carbonyl (C=O) groups excluding carboxylic acids is 1. The molecule has 1 heterocycles. The largest absolute Gasteiger partial charge is 0.422 e. The molecule has 0 fully saturated rings. The number of aromatic nitrogens is 3. The second-order valence-corrected chi connectivity index (χ2v) is 5.11. The van der Waals surface area contributed by atoms with E-state index in [9.17, 15) is 9.18 Å². The highest BCUT2D eigenvalue weighted by atomic mass is 19.1. The zero-order valence-electron chi connectivity index (χ0n) is 12.7. The van der Waals surface area contributed by atoms with Crippen molar-refractivity contribution in [3.05, 3.63) is 71.3 Å². The number of esters is 1. The van der Waals surface area contributed by atoms with Gasteiger partial charge in [0, 0.05) is 0 Å². The quantitative estimate of drug-likeness (QED) is 0.550. The van der Waals surface area contributed by atoms with E-state index in [1.165, 1.54) is 16.8 Å². The first kappa shape index (κ1) is 14.9. The molecule has 0 radical (unpaired) electrons. The zero-order valence-corrected chi connectivity index (χ0v) is 12.7. The zero-order chi connectivity index (χ0) is 16.4. The Labute approximate surface area is 132 Å². The minimum Gasteiger partial charge on any atom is -0.422 e. The molecule has 0 aliphatic heterocycles. The number of hydrogen-bond donors (Lipinski definition) is 0. The summed E-state index contributed by atoms with van der Waals surface area (Å²) < 4.78 is 19.7. The molecule has 0 unspecified atom stereocenters. The van der Waals surface area contributed by atoms with Crippen LogP contribution in [0.15, 0.2) is 48.5 Å². The molecule has 0 aliphatic carbocycles. The smallest absolute Gasteiger partial charge is 0.366 e. The maximum atomic E-state index is 13.0. The Balaban J connectivity index is 1.85. The Hall–Kier alpha value is -3.02. The van der Waals surface area contributed by atoms with E-state index in [0.29, 0.717) is 17.1 Å². The van der Waals surface area contributed by atoms with Gasteiger partial charge in [-0.25, -0.2) is 13.9 Å². The lowest BCUT2D eigenvalue weighted by Crippen LogP contribution is -2.11. The van der Waals surface area contributed by atoms with Crippen LogP contribution >= 0.6 is 0 Å². The van der Waals surface area contributed by atoms with Crippen molar-refractivity contribution in [2.75, 3.05) is 0 Å². The van der Waals surface area contributed by atoms with Crippen LogP contribution in [0.1, 0.15) is 21.7 Å². The first-order valence-electron chi connectivity index (χ1n) is 7.01. The van der Waals surface area contributed by atoms with Gasteiger partial charge < -0.3 is 4.74 Å². The van der Waals surface area contributed by atoms with Gasteiger partial charge in [-0.3, -0.25) is 0 Å². The van der Waals surface area contributed by atoms with E-state index in [0.717, 1.165) is 5.56 Å². The predicted octanol–water partition coefficient (Wildman–Crippen LogP) is 3.24. The molecule has 1 aromatic heterocycles. The molecule has 3 aromatic rings. The number of halogens is 1. The summed E-state index contributed by atoms with van der Waals surface area (Å²) in [5.74, 6) is -0.485.